The van der Waals surface area contributed by atoms with E-state index in [2.05, 4.69) is 10.3 Å². The molecule has 4 nitrogen and oxygen atoms in total. The van der Waals surface area contributed by atoms with Crippen molar-refractivity contribution < 1.29 is 14.3 Å². The number of hydrogen-bond donors (Lipinski definition) is 2. The molecule has 2 heterocycles. The van der Waals surface area contributed by atoms with E-state index in [-0.39, 0.29) is 18.2 Å². The first-order chi connectivity index (χ1) is 9.22. The van der Waals surface area contributed by atoms with Crippen LogP contribution in [0.25, 0.3) is 0 Å². The third-order valence-corrected chi connectivity index (χ3v) is 3.61. The zero-order valence-electron chi connectivity index (χ0n) is 10.0. The van der Waals surface area contributed by atoms with Crippen LogP contribution in [0.15, 0.2) is 36.0 Å². The Balaban J connectivity index is 2.14. The summed E-state index contributed by atoms with van der Waals surface area (Å²) in [5, 5.41) is 13.7. The molecule has 0 fully saturated rings. The van der Waals surface area contributed by atoms with E-state index in [0.717, 1.165) is 11.1 Å². The molecule has 2 N–H and O–H groups in total. The molecule has 0 aliphatic rings. The molecule has 2 aromatic heterocycles. The van der Waals surface area contributed by atoms with Crippen LogP contribution in [-0.2, 0) is 0 Å². The van der Waals surface area contributed by atoms with E-state index in [4.69, 9.17) is 5.11 Å². The number of aromatic nitrogens is 1. The molecule has 0 bridgehead atoms. The van der Waals surface area contributed by atoms with Crippen LogP contribution in [-0.4, -0.2) is 22.6 Å². The number of hydrogen-bond acceptors (Lipinski definition) is 4. The Bertz CT molecular complexity index is 545. The zero-order valence-corrected chi connectivity index (χ0v) is 10.9. The van der Waals surface area contributed by atoms with Gasteiger partial charge in [-0.05, 0) is 23.9 Å². The summed E-state index contributed by atoms with van der Waals surface area (Å²) in [6.07, 6.45) is 2.75. The summed E-state index contributed by atoms with van der Waals surface area (Å²) in [5.74, 6) is -1.17. The predicted octanol–water partition coefficient (Wildman–Crippen LogP) is 2.14. The third-order valence-electron chi connectivity index (χ3n) is 2.63. The smallest absolute Gasteiger partial charge is 0.254 e. The standard InChI is InChI=1S/C13H13FN2O2S/c14-10-8-15-5-3-9(10)13(18)16-11(4-6-17)12-2-1-7-19-12/h1-3,5,7-8,11,17H,4,6H2,(H,16,18). The van der Waals surface area contributed by atoms with Gasteiger partial charge in [0.05, 0.1) is 17.8 Å². The molecule has 0 saturated heterocycles. The van der Waals surface area contributed by atoms with Gasteiger partial charge in [-0.25, -0.2) is 4.39 Å². The Labute approximate surface area is 113 Å². The fourth-order valence-electron chi connectivity index (χ4n) is 1.70. The van der Waals surface area contributed by atoms with E-state index in [9.17, 15) is 9.18 Å². The fourth-order valence-corrected chi connectivity index (χ4v) is 2.51. The minimum Gasteiger partial charge on any atom is -0.396 e. The van der Waals surface area contributed by atoms with Crippen molar-refractivity contribution in [2.45, 2.75) is 12.5 Å². The fraction of sp³-hybridized carbons (Fsp3) is 0.231. The van der Waals surface area contributed by atoms with E-state index in [1.54, 1.807) is 0 Å². The van der Waals surface area contributed by atoms with Crippen molar-refractivity contribution in [1.82, 2.24) is 10.3 Å². The monoisotopic (exact) mass is 280 g/mol. The molecule has 0 radical (unpaired) electrons. The van der Waals surface area contributed by atoms with Crippen molar-refractivity contribution >= 4 is 17.2 Å². The Morgan fingerprint density at radius 2 is 2.37 bits per heavy atom. The number of rotatable bonds is 5. The maximum Gasteiger partial charge on any atom is 0.254 e. The van der Waals surface area contributed by atoms with Crippen molar-refractivity contribution in [2.24, 2.45) is 0 Å². The van der Waals surface area contributed by atoms with Crippen LogP contribution in [0.4, 0.5) is 4.39 Å². The second-order valence-corrected chi connectivity index (χ2v) is 4.89. The number of nitrogens with one attached hydrogen (secondary N) is 1. The molecule has 1 atom stereocenters. The molecule has 0 saturated carbocycles. The molecule has 6 heteroatoms. The summed E-state index contributed by atoms with van der Waals surface area (Å²) in [6.45, 7) is -0.0539. The van der Waals surface area contributed by atoms with Gasteiger partial charge >= 0.3 is 0 Å². The highest BCUT2D eigenvalue weighted by Crippen LogP contribution is 2.22. The molecule has 1 unspecified atom stereocenters. The number of aliphatic hydroxyl groups is 1. The summed E-state index contributed by atoms with van der Waals surface area (Å²) in [6, 6.07) is 4.75. The lowest BCUT2D eigenvalue weighted by atomic mass is 10.1. The molecule has 0 spiro atoms. The van der Waals surface area contributed by atoms with Gasteiger partial charge in [-0.2, -0.15) is 0 Å². The minimum absolute atomic E-state index is 0.0468. The van der Waals surface area contributed by atoms with Gasteiger partial charge in [0.1, 0.15) is 0 Å². The van der Waals surface area contributed by atoms with E-state index >= 15 is 0 Å². The largest absolute Gasteiger partial charge is 0.396 e. The second kappa shape index (κ2) is 6.40. The molecule has 2 rings (SSSR count). The number of thiophene rings is 1. The molecule has 0 aromatic carbocycles. The van der Waals surface area contributed by atoms with Crippen LogP contribution in [0.1, 0.15) is 27.7 Å². The number of halogens is 1. The van der Waals surface area contributed by atoms with Gasteiger partial charge in [-0.1, -0.05) is 6.07 Å². The van der Waals surface area contributed by atoms with Gasteiger partial charge < -0.3 is 10.4 Å². The van der Waals surface area contributed by atoms with Crippen LogP contribution in [0.2, 0.25) is 0 Å². The number of carbonyl (C=O) groups is 1. The van der Waals surface area contributed by atoms with Crippen molar-refractivity contribution in [1.29, 1.82) is 0 Å². The van der Waals surface area contributed by atoms with Crippen LogP contribution in [0.3, 0.4) is 0 Å². The molecule has 2 aromatic rings. The number of pyridine rings is 1. The Hall–Kier alpha value is -1.79. The lowest BCUT2D eigenvalue weighted by molar-refractivity contribution is 0.0926. The van der Waals surface area contributed by atoms with E-state index in [1.165, 1.54) is 23.6 Å². The first-order valence-electron chi connectivity index (χ1n) is 5.77. The highest BCUT2D eigenvalue weighted by Gasteiger charge is 2.18. The van der Waals surface area contributed by atoms with Crippen molar-refractivity contribution in [2.75, 3.05) is 6.61 Å². The van der Waals surface area contributed by atoms with Gasteiger partial charge in [0, 0.05) is 17.7 Å². The molecular formula is C13H13FN2O2S. The third kappa shape index (κ3) is 3.36. The number of carbonyl (C=O) groups excluding carboxylic acids is 1. The van der Waals surface area contributed by atoms with Gasteiger partial charge in [-0.3, -0.25) is 9.78 Å². The number of amides is 1. The molecule has 0 aliphatic carbocycles. The lowest BCUT2D eigenvalue weighted by Crippen LogP contribution is -2.29. The van der Waals surface area contributed by atoms with Gasteiger partial charge in [0.25, 0.3) is 5.91 Å². The average molecular weight is 280 g/mol. The van der Waals surface area contributed by atoms with E-state index in [0.29, 0.717) is 6.42 Å². The molecule has 19 heavy (non-hydrogen) atoms. The predicted molar refractivity (Wildman–Crippen MR) is 70.4 cm³/mol. The van der Waals surface area contributed by atoms with Crippen molar-refractivity contribution in [3.8, 4) is 0 Å². The highest BCUT2D eigenvalue weighted by molar-refractivity contribution is 7.10. The van der Waals surface area contributed by atoms with Crippen LogP contribution in [0, 0.1) is 5.82 Å². The van der Waals surface area contributed by atoms with Gasteiger partial charge in [0.2, 0.25) is 0 Å². The summed E-state index contributed by atoms with van der Waals surface area (Å²) in [4.78, 5) is 16.5. The van der Waals surface area contributed by atoms with Gasteiger partial charge in [-0.15, -0.1) is 11.3 Å². The first kappa shape index (κ1) is 13.6. The zero-order chi connectivity index (χ0) is 13.7. The number of aliphatic hydroxyl groups excluding tert-OH is 1. The van der Waals surface area contributed by atoms with Crippen LogP contribution in [0.5, 0.6) is 0 Å². The average Bonchev–Trinajstić information content (AvgIpc) is 2.92. The summed E-state index contributed by atoms with van der Waals surface area (Å²) in [5.41, 5.74) is -0.0468. The summed E-state index contributed by atoms with van der Waals surface area (Å²) < 4.78 is 13.4. The molecular weight excluding hydrogens is 267 g/mol. The first-order valence-corrected chi connectivity index (χ1v) is 6.65. The van der Waals surface area contributed by atoms with Gasteiger partial charge in [0.15, 0.2) is 5.82 Å². The maximum absolute atomic E-state index is 13.4. The van der Waals surface area contributed by atoms with E-state index in [1.807, 2.05) is 17.5 Å². The highest BCUT2D eigenvalue weighted by atomic mass is 32.1. The topological polar surface area (TPSA) is 62.2 Å². The summed E-state index contributed by atoms with van der Waals surface area (Å²) >= 11 is 1.48. The SMILES string of the molecule is O=C(NC(CCO)c1cccs1)c1ccncc1F. The minimum atomic E-state index is -0.658. The quantitative estimate of drug-likeness (QED) is 0.882. The number of nitrogens with zero attached hydrogens (tertiary/aromatic N) is 1. The Morgan fingerprint density at radius 3 is 3.00 bits per heavy atom. The maximum atomic E-state index is 13.4. The van der Waals surface area contributed by atoms with Crippen molar-refractivity contribution in [3.05, 3.63) is 52.2 Å². The van der Waals surface area contributed by atoms with Crippen LogP contribution < -0.4 is 5.32 Å². The molecule has 1 amide bonds. The molecule has 100 valence electrons. The van der Waals surface area contributed by atoms with Crippen molar-refractivity contribution in [3.63, 3.8) is 0 Å². The summed E-state index contributed by atoms with van der Waals surface area (Å²) in [7, 11) is 0. The lowest BCUT2D eigenvalue weighted by Gasteiger charge is -2.16. The second-order valence-electron chi connectivity index (χ2n) is 3.91. The Kier molecular flexibility index (Phi) is 4.59. The van der Waals surface area contributed by atoms with Crippen LogP contribution >= 0.6 is 11.3 Å². The van der Waals surface area contributed by atoms with E-state index < -0.39 is 11.7 Å². The molecule has 0 aliphatic heterocycles. The normalized spacial score (nSPS) is 12.1. The Morgan fingerprint density at radius 1 is 1.53 bits per heavy atom.